The molecule has 0 fully saturated rings. The monoisotopic (exact) mass is 305 g/mol. The third-order valence-corrected chi connectivity index (χ3v) is 3.63. The van der Waals surface area contributed by atoms with E-state index in [2.05, 4.69) is 12.2 Å². The average molecular weight is 305 g/mol. The van der Waals surface area contributed by atoms with E-state index in [1.54, 1.807) is 18.2 Å². The first kappa shape index (κ1) is 18.4. The van der Waals surface area contributed by atoms with Gasteiger partial charge in [-0.2, -0.15) is 0 Å². The molecular weight excluding hydrogens is 277 g/mol. The van der Waals surface area contributed by atoms with Crippen molar-refractivity contribution in [1.82, 2.24) is 5.32 Å². The van der Waals surface area contributed by atoms with E-state index < -0.39 is 0 Å². The van der Waals surface area contributed by atoms with Crippen LogP contribution in [0.4, 0.5) is 4.39 Å². The summed E-state index contributed by atoms with van der Waals surface area (Å²) in [7, 11) is 0. The third-order valence-electron chi connectivity index (χ3n) is 3.63. The summed E-state index contributed by atoms with van der Waals surface area (Å²) in [4.78, 5) is 11.6. The minimum atomic E-state index is -0.267. The van der Waals surface area contributed by atoms with Crippen LogP contribution in [-0.2, 0) is 4.79 Å². The van der Waals surface area contributed by atoms with Crippen molar-refractivity contribution in [3.8, 4) is 0 Å². The minimum absolute atomic E-state index is 0.0905. The van der Waals surface area contributed by atoms with Gasteiger partial charge < -0.3 is 5.32 Å². The molecule has 0 aliphatic heterocycles. The summed E-state index contributed by atoms with van der Waals surface area (Å²) in [6.45, 7) is 2.95. The zero-order chi connectivity index (χ0) is 16.0. The van der Waals surface area contributed by atoms with Gasteiger partial charge in [0.25, 0.3) is 0 Å². The van der Waals surface area contributed by atoms with Crippen molar-refractivity contribution in [1.29, 1.82) is 0 Å². The summed E-state index contributed by atoms with van der Waals surface area (Å²) in [5, 5.41) is 2.88. The number of hydrogen-bond donors (Lipinski definition) is 1. The van der Waals surface area contributed by atoms with Crippen LogP contribution in [0.1, 0.15) is 63.9 Å². The van der Waals surface area contributed by atoms with Crippen LogP contribution in [0.3, 0.4) is 0 Å². The molecule has 0 radical (unpaired) electrons. The van der Waals surface area contributed by atoms with E-state index in [9.17, 15) is 9.18 Å². The van der Waals surface area contributed by atoms with Gasteiger partial charge in [0.15, 0.2) is 0 Å². The van der Waals surface area contributed by atoms with Crippen LogP contribution in [0.2, 0.25) is 0 Å². The van der Waals surface area contributed by atoms with Gasteiger partial charge in [-0.3, -0.25) is 4.79 Å². The molecular formula is C19H28FNO. The van der Waals surface area contributed by atoms with Crippen LogP contribution in [0.5, 0.6) is 0 Å². The number of hydrogen-bond acceptors (Lipinski definition) is 1. The molecule has 1 rings (SSSR count). The maximum atomic E-state index is 12.7. The van der Waals surface area contributed by atoms with Gasteiger partial charge in [-0.1, -0.05) is 64.0 Å². The van der Waals surface area contributed by atoms with E-state index in [0.29, 0.717) is 0 Å². The minimum Gasteiger partial charge on any atom is -0.353 e. The topological polar surface area (TPSA) is 29.1 Å². The van der Waals surface area contributed by atoms with Gasteiger partial charge in [0.1, 0.15) is 5.82 Å². The lowest BCUT2D eigenvalue weighted by atomic mass is 10.1. The fourth-order valence-electron chi connectivity index (χ4n) is 2.28. The highest BCUT2D eigenvalue weighted by Gasteiger charge is 1.96. The molecule has 22 heavy (non-hydrogen) atoms. The van der Waals surface area contributed by atoms with Gasteiger partial charge in [0.2, 0.25) is 5.91 Å². The Labute approximate surface area is 133 Å². The molecule has 0 aromatic heterocycles. The van der Waals surface area contributed by atoms with E-state index in [0.717, 1.165) is 18.5 Å². The van der Waals surface area contributed by atoms with Crippen molar-refractivity contribution in [3.05, 3.63) is 41.7 Å². The Kier molecular flexibility index (Phi) is 10.0. The predicted molar refractivity (Wildman–Crippen MR) is 91.1 cm³/mol. The first-order valence-electron chi connectivity index (χ1n) is 8.44. The number of carbonyl (C=O) groups excluding carboxylic acids is 1. The standard InChI is InChI=1S/C19H28FNO/c1-2-3-4-5-6-7-8-9-16-21-19(22)15-12-17-10-13-18(20)14-11-17/h10-15H,2-9,16H2,1H3,(H,21,22). The molecule has 122 valence electrons. The number of carbonyl (C=O) groups is 1. The Bertz CT molecular complexity index is 439. The predicted octanol–water partition coefficient (Wildman–Crippen LogP) is 5.10. The second kappa shape index (κ2) is 12.0. The van der Waals surface area contributed by atoms with Crippen LogP contribution >= 0.6 is 0 Å². The van der Waals surface area contributed by atoms with E-state index in [4.69, 9.17) is 0 Å². The molecule has 0 aliphatic carbocycles. The van der Waals surface area contributed by atoms with Gasteiger partial charge in [0.05, 0.1) is 0 Å². The maximum Gasteiger partial charge on any atom is 0.243 e. The van der Waals surface area contributed by atoms with Crippen molar-refractivity contribution in [2.24, 2.45) is 0 Å². The van der Waals surface area contributed by atoms with Gasteiger partial charge in [-0.15, -0.1) is 0 Å². The second-order valence-corrected chi connectivity index (χ2v) is 5.65. The molecule has 0 bridgehead atoms. The van der Waals surface area contributed by atoms with E-state index in [1.807, 2.05) is 0 Å². The van der Waals surface area contributed by atoms with Gasteiger partial charge in [-0.25, -0.2) is 4.39 Å². The Hall–Kier alpha value is -1.64. The number of amides is 1. The lowest BCUT2D eigenvalue weighted by Gasteiger charge is -2.03. The molecule has 0 unspecified atom stereocenters. The van der Waals surface area contributed by atoms with Crippen LogP contribution in [0.15, 0.2) is 30.3 Å². The first-order chi connectivity index (χ1) is 10.7. The van der Waals surface area contributed by atoms with E-state index in [-0.39, 0.29) is 11.7 Å². The molecule has 1 aromatic rings. The smallest absolute Gasteiger partial charge is 0.243 e. The molecule has 0 spiro atoms. The number of halogens is 1. The number of nitrogens with one attached hydrogen (secondary N) is 1. The van der Waals surface area contributed by atoms with Crippen molar-refractivity contribution in [3.63, 3.8) is 0 Å². The Morgan fingerprint density at radius 3 is 2.23 bits per heavy atom. The number of benzene rings is 1. The van der Waals surface area contributed by atoms with Crippen LogP contribution < -0.4 is 5.32 Å². The summed E-state index contributed by atoms with van der Waals surface area (Å²) < 4.78 is 12.7. The molecule has 1 N–H and O–H groups in total. The largest absolute Gasteiger partial charge is 0.353 e. The lowest BCUT2D eigenvalue weighted by Crippen LogP contribution is -2.21. The Balaban J connectivity index is 2.02. The molecule has 0 heterocycles. The fourth-order valence-corrected chi connectivity index (χ4v) is 2.28. The van der Waals surface area contributed by atoms with Crippen molar-refractivity contribution < 1.29 is 9.18 Å². The van der Waals surface area contributed by atoms with Gasteiger partial charge in [-0.05, 0) is 30.2 Å². The van der Waals surface area contributed by atoms with E-state index in [1.165, 1.54) is 63.2 Å². The van der Waals surface area contributed by atoms with Crippen molar-refractivity contribution >= 4 is 12.0 Å². The van der Waals surface area contributed by atoms with Crippen molar-refractivity contribution in [2.75, 3.05) is 6.54 Å². The van der Waals surface area contributed by atoms with Crippen molar-refractivity contribution in [2.45, 2.75) is 58.3 Å². The Morgan fingerprint density at radius 2 is 1.59 bits per heavy atom. The first-order valence-corrected chi connectivity index (χ1v) is 8.44. The molecule has 0 saturated carbocycles. The van der Waals surface area contributed by atoms with E-state index >= 15 is 0 Å². The second-order valence-electron chi connectivity index (χ2n) is 5.65. The zero-order valence-corrected chi connectivity index (χ0v) is 13.6. The molecule has 1 amide bonds. The van der Waals surface area contributed by atoms with Crippen LogP contribution in [0, 0.1) is 5.82 Å². The highest BCUT2D eigenvalue weighted by atomic mass is 19.1. The highest BCUT2D eigenvalue weighted by Crippen LogP contribution is 2.08. The average Bonchev–Trinajstić information content (AvgIpc) is 2.53. The Morgan fingerprint density at radius 1 is 1.00 bits per heavy atom. The summed E-state index contributed by atoms with van der Waals surface area (Å²) in [5.74, 6) is -0.358. The molecule has 0 aliphatic rings. The van der Waals surface area contributed by atoms with Gasteiger partial charge >= 0.3 is 0 Å². The summed E-state index contributed by atoms with van der Waals surface area (Å²) >= 11 is 0. The highest BCUT2D eigenvalue weighted by molar-refractivity contribution is 5.91. The fraction of sp³-hybridized carbons (Fsp3) is 0.526. The molecule has 1 aromatic carbocycles. The van der Waals surface area contributed by atoms with Crippen LogP contribution in [-0.4, -0.2) is 12.5 Å². The lowest BCUT2D eigenvalue weighted by molar-refractivity contribution is -0.116. The summed E-state index contributed by atoms with van der Waals surface area (Å²) in [6, 6.07) is 6.07. The molecule has 2 nitrogen and oxygen atoms in total. The number of rotatable bonds is 11. The molecule has 0 atom stereocenters. The maximum absolute atomic E-state index is 12.7. The zero-order valence-electron chi connectivity index (χ0n) is 13.6. The number of unbranched alkanes of at least 4 members (excludes halogenated alkanes) is 7. The van der Waals surface area contributed by atoms with Crippen LogP contribution in [0.25, 0.3) is 6.08 Å². The third kappa shape index (κ3) is 9.32. The molecule has 0 saturated heterocycles. The SMILES string of the molecule is CCCCCCCCCCNC(=O)C=Cc1ccc(F)cc1. The normalized spacial score (nSPS) is 11.0. The summed E-state index contributed by atoms with van der Waals surface area (Å²) in [6.07, 6.45) is 13.3. The molecule has 3 heteroatoms. The van der Waals surface area contributed by atoms with Gasteiger partial charge in [0, 0.05) is 12.6 Å². The quantitative estimate of drug-likeness (QED) is 0.447. The summed E-state index contributed by atoms with van der Waals surface area (Å²) in [5.41, 5.74) is 0.823.